The van der Waals surface area contributed by atoms with Crippen molar-refractivity contribution in [1.82, 2.24) is 30.8 Å². The van der Waals surface area contributed by atoms with E-state index in [1.54, 1.807) is 49.4 Å². The summed E-state index contributed by atoms with van der Waals surface area (Å²) in [7, 11) is 0. The zero-order chi connectivity index (χ0) is 29.1. The smallest absolute Gasteiger partial charge is 0.408 e. The number of Topliss-reactive ketones (excluding diaryl/α,β-unsaturated/α-hetero) is 1. The molecule has 1 heterocycles. The molecule has 1 aromatic heterocycles. The van der Waals surface area contributed by atoms with Crippen molar-refractivity contribution in [3.8, 4) is 0 Å². The summed E-state index contributed by atoms with van der Waals surface area (Å²) < 4.78 is 10.1. The Kier molecular flexibility index (Phi) is 11.4. The molecule has 2 atom stereocenters. The fourth-order valence-corrected chi connectivity index (χ4v) is 3.99. The van der Waals surface area contributed by atoms with E-state index in [1.807, 2.05) is 6.07 Å². The topological polar surface area (TPSA) is 154 Å². The van der Waals surface area contributed by atoms with Crippen LogP contribution in [0.5, 0.6) is 0 Å². The maximum absolute atomic E-state index is 13.1. The molecule has 3 rings (SSSR count). The summed E-state index contributed by atoms with van der Waals surface area (Å²) in [6, 6.07) is 11.7. The molecule has 2 amide bonds. The van der Waals surface area contributed by atoms with Crippen LogP contribution in [0.2, 0.25) is 10.0 Å². The van der Waals surface area contributed by atoms with Crippen molar-refractivity contribution in [1.29, 1.82) is 0 Å². The average molecular weight is 591 g/mol. The highest BCUT2D eigenvalue weighted by Crippen LogP contribution is 2.25. The molecule has 0 saturated carbocycles. The number of carbonyl (C=O) groups excluding carboxylic acids is 4. The van der Waals surface area contributed by atoms with Crippen LogP contribution in [-0.2, 0) is 43.4 Å². The molecular weight excluding hydrogens is 563 g/mol. The molecule has 0 saturated heterocycles. The van der Waals surface area contributed by atoms with Gasteiger partial charge in [0.15, 0.2) is 11.6 Å². The lowest BCUT2D eigenvalue weighted by molar-refractivity contribution is -0.145. The van der Waals surface area contributed by atoms with Crippen molar-refractivity contribution in [2.45, 2.75) is 51.9 Å². The van der Waals surface area contributed by atoms with Gasteiger partial charge < -0.3 is 20.1 Å². The second-order valence-electron chi connectivity index (χ2n) is 8.58. The van der Waals surface area contributed by atoms with Gasteiger partial charge in [-0.15, -0.1) is 10.2 Å². The summed E-state index contributed by atoms with van der Waals surface area (Å²) in [5, 5.41) is 17.7. The largest absolute Gasteiger partial charge is 0.466 e. The minimum Gasteiger partial charge on any atom is -0.466 e. The summed E-state index contributed by atoms with van der Waals surface area (Å²) in [6.07, 6.45) is -1.07. The van der Waals surface area contributed by atoms with Crippen LogP contribution in [0.25, 0.3) is 0 Å². The normalized spacial score (nSPS) is 12.2. The number of tetrazole rings is 1. The Balaban J connectivity index is 1.60. The maximum atomic E-state index is 13.1. The van der Waals surface area contributed by atoms with Gasteiger partial charge in [0.1, 0.15) is 25.2 Å². The zero-order valence-corrected chi connectivity index (χ0v) is 23.3. The number of benzene rings is 2. The zero-order valence-electron chi connectivity index (χ0n) is 21.8. The van der Waals surface area contributed by atoms with Gasteiger partial charge in [0.2, 0.25) is 5.91 Å². The molecule has 212 valence electrons. The molecule has 0 aliphatic carbocycles. The Morgan fingerprint density at radius 2 is 1.68 bits per heavy atom. The number of carbonyl (C=O) groups is 4. The third kappa shape index (κ3) is 9.31. The van der Waals surface area contributed by atoms with E-state index in [4.69, 9.17) is 32.7 Å². The highest BCUT2D eigenvalue weighted by molar-refractivity contribution is 6.36. The highest BCUT2D eigenvalue weighted by Gasteiger charge is 2.28. The monoisotopic (exact) mass is 590 g/mol. The Hall–Kier alpha value is -4.03. The summed E-state index contributed by atoms with van der Waals surface area (Å²) >= 11 is 12.4. The van der Waals surface area contributed by atoms with Crippen LogP contribution in [0.15, 0.2) is 48.5 Å². The Labute approximate surface area is 240 Å². The van der Waals surface area contributed by atoms with Gasteiger partial charge in [-0.2, -0.15) is 4.80 Å². The first kappa shape index (κ1) is 30.5. The van der Waals surface area contributed by atoms with Crippen molar-refractivity contribution in [2.24, 2.45) is 0 Å². The van der Waals surface area contributed by atoms with Gasteiger partial charge in [-0.3, -0.25) is 14.4 Å². The number of amides is 2. The first-order valence-corrected chi connectivity index (χ1v) is 13.1. The fourth-order valence-electron chi connectivity index (χ4n) is 3.46. The third-order valence-corrected chi connectivity index (χ3v) is 6.22. The molecule has 2 N–H and O–H groups in total. The van der Waals surface area contributed by atoms with Gasteiger partial charge >= 0.3 is 12.1 Å². The maximum Gasteiger partial charge on any atom is 0.408 e. The molecule has 2 unspecified atom stereocenters. The van der Waals surface area contributed by atoms with Crippen LogP contribution in [0, 0.1) is 0 Å². The van der Waals surface area contributed by atoms with Gasteiger partial charge in [0.25, 0.3) is 0 Å². The first-order chi connectivity index (χ1) is 19.2. The van der Waals surface area contributed by atoms with E-state index in [0.29, 0.717) is 15.6 Å². The van der Waals surface area contributed by atoms with E-state index >= 15 is 0 Å². The molecule has 14 heteroatoms. The number of esters is 1. The fraction of sp³-hybridized carbons (Fsp3) is 0.346. The van der Waals surface area contributed by atoms with E-state index in [9.17, 15) is 19.2 Å². The van der Waals surface area contributed by atoms with E-state index in [2.05, 4.69) is 26.0 Å². The summed E-state index contributed by atoms with van der Waals surface area (Å²) in [6.45, 7) is 2.75. The van der Waals surface area contributed by atoms with Crippen LogP contribution in [-0.4, -0.2) is 62.7 Å². The number of hydrogen-bond donors (Lipinski definition) is 2. The van der Waals surface area contributed by atoms with Crippen LogP contribution < -0.4 is 10.6 Å². The molecule has 40 heavy (non-hydrogen) atoms. The van der Waals surface area contributed by atoms with Crippen LogP contribution in [0.1, 0.15) is 37.2 Å². The lowest BCUT2D eigenvalue weighted by atomic mass is 10.1. The number of ether oxygens (including phenoxy) is 2. The second-order valence-corrected chi connectivity index (χ2v) is 9.39. The number of halogens is 2. The van der Waals surface area contributed by atoms with E-state index in [0.717, 1.165) is 10.4 Å². The lowest BCUT2D eigenvalue weighted by Gasteiger charge is -2.20. The Morgan fingerprint density at radius 3 is 2.35 bits per heavy atom. The van der Waals surface area contributed by atoms with Gasteiger partial charge in [-0.25, -0.2) is 4.79 Å². The minimum absolute atomic E-state index is 0.0144. The predicted octanol–water partition coefficient (Wildman–Crippen LogP) is 2.89. The van der Waals surface area contributed by atoms with Crippen molar-refractivity contribution in [2.75, 3.05) is 6.61 Å². The predicted molar refractivity (Wildman–Crippen MR) is 144 cm³/mol. The molecule has 2 aromatic carbocycles. The van der Waals surface area contributed by atoms with Crippen LogP contribution in [0.3, 0.4) is 0 Å². The van der Waals surface area contributed by atoms with Crippen molar-refractivity contribution in [3.63, 3.8) is 0 Å². The minimum atomic E-state index is -1.27. The molecule has 0 bridgehead atoms. The lowest BCUT2D eigenvalue weighted by Crippen LogP contribution is -2.51. The first-order valence-electron chi connectivity index (χ1n) is 12.3. The SMILES string of the molecule is CCOC(=O)CC(NC(=O)C(C)NC(=O)OCc1ccccc1)C(=O)Cn1nnc(Cc2c(Cl)cccc2Cl)n1. The number of alkyl carbamates (subject to hydrolysis) is 1. The third-order valence-electron chi connectivity index (χ3n) is 5.51. The van der Waals surface area contributed by atoms with Crippen LogP contribution >= 0.6 is 23.2 Å². The van der Waals surface area contributed by atoms with Gasteiger partial charge in [-0.05, 0) is 42.3 Å². The van der Waals surface area contributed by atoms with Crippen molar-refractivity contribution in [3.05, 3.63) is 75.5 Å². The van der Waals surface area contributed by atoms with E-state index < -0.39 is 48.8 Å². The van der Waals surface area contributed by atoms with Gasteiger partial charge in [0.05, 0.1) is 13.0 Å². The van der Waals surface area contributed by atoms with Gasteiger partial charge in [-0.1, -0.05) is 59.6 Å². The standard InChI is InChI=1S/C26H28Cl2N6O6/c1-3-39-24(36)13-21(30-25(37)16(2)29-26(38)40-15-17-8-5-4-6-9-17)22(35)14-34-32-23(31-33-34)12-18-19(27)10-7-11-20(18)28/h4-11,16,21H,3,12-15H2,1-2H3,(H,29,38)(H,30,37). The van der Waals surface area contributed by atoms with Crippen LogP contribution in [0.4, 0.5) is 4.79 Å². The van der Waals surface area contributed by atoms with E-state index in [-0.39, 0.29) is 25.5 Å². The molecule has 0 fully saturated rings. The highest BCUT2D eigenvalue weighted by atomic mass is 35.5. The molecule has 0 aliphatic heterocycles. The molecule has 0 radical (unpaired) electrons. The molecule has 0 spiro atoms. The summed E-state index contributed by atoms with van der Waals surface area (Å²) in [4.78, 5) is 51.1. The van der Waals surface area contributed by atoms with Gasteiger partial charge in [0, 0.05) is 16.5 Å². The number of nitrogens with one attached hydrogen (secondary N) is 2. The van der Waals surface area contributed by atoms with E-state index in [1.165, 1.54) is 6.92 Å². The number of rotatable bonds is 13. The van der Waals surface area contributed by atoms with Crippen molar-refractivity contribution < 1.29 is 28.7 Å². The average Bonchev–Trinajstić information content (AvgIpc) is 3.36. The molecule has 12 nitrogen and oxygen atoms in total. The molecule has 0 aliphatic rings. The summed E-state index contributed by atoms with van der Waals surface area (Å²) in [5.74, 6) is -1.72. The van der Waals surface area contributed by atoms with Crippen molar-refractivity contribution >= 4 is 47.0 Å². The molecule has 3 aromatic rings. The number of nitrogens with zero attached hydrogens (tertiary/aromatic N) is 4. The number of hydrogen-bond acceptors (Lipinski definition) is 9. The molecular formula is C26H28Cl2N6O6. The number of ketones is 1. The second kappa shape index (κ2) is 14.9. The quantitative estimate of drug-likeness (QED) is 0.286. The Bertz CT molecular complexity index is 1320. The summed E-state index contributed by atoms with van der Waals surface area (Å²) in [5.41, 5.74) is 1.38. The number of aromatic nitrogens is 4. The Morgan fingerprint density at radius 1 is 0.975 bits per heavy atom.